The predicted molar refractivity (Wildman–Crippen MR) is 48.0 cm³/mol. The highest BCUT2D eigenvalue weighted by atomic mass is 16.7. The van der Waals surface area contributed by atoms with Crippen LogP contribution in [0, 0.1) is 0 Å². The van der Waals surface area contributed by atoms with Crippen LogP contribution < -0.4 is 0 Å². The molecule has 1 fully saturated rings. The van der Waals surface area contributed by atoms with Crippen LogP contribution in [0.5, 0.6) is 0 Å². The lowest BCUT2D eigenvalue weighted by molar-refractivity contribution is -0.291. The molecule has 0 aromatic rings. The number of ether oxygens (including phenoxy) is 3. The van der Waals surface area contributed by atoms with Gasteiger partial charge in [0.15, 0.2) is 11.4 Å². The van der Waals surface area contributed by atoms with E-state index in [0.29, 0.717) is 0 Å². The maximum Gasteiger partial charge on any atom is 0.506 e. The molecule has 80 valence electrons. The summed E-state index contributed by atoms with van der Waals surface area (Å²) in [6.45, 7) is 7.25. The first kappa shape index (κ1) is 11.0. The molecule has 0 aliphatic carbocycles. The van der Waals surface area contributed by atoms with E-state index in [9.17, 15) is 4.79 Å². The largest absolute Gasteiger partial charge is 0.506 e. The Labute approximate surface area is 82.3 Å². The second-order valence-electron chi connectivity index (χ2n) is 3.61. The fraction of sp³-hybridized carbons (Fsp3) is 0.667. The molecule has 0 aromatic carbocycles. The zero-order chi connectivity index (χ0) is 10.8. The number of rotatable bonds is 2. The van der Waals surface area contributed by atoms with Crippen LogP contribution in [-0.2, 0) is 14.2 Å². The van der Waals surface area contributed by atoms with E-state index >= 15 is 0 Å². The van der Waals surface area contributed by atoms with Gasteiger partial charge in [-0.1, -0.05) is 6.58 Å². The van der Waals surface area contributed by atoms with Crippen molar-refractivity contribution in [2.75, 3.05) is 13.2 Å². The van der Waals surface area contributed by atoms with Gasteiger partial charge in [0, 0.05) is 0 Å². The highest BCUT2D eigenvalue weighted by Crippen LogP contribution is 2.26. The summed E-state index contributed by atoms with van der Waals surface area (Å²) in [4.78, 5) is 10.4. The van der Waals surface area contributed by atoms with Crippen LogP contribution in [-0.4, -0.2) is 35.9 Å². The van der Waals surface area contributed by atoms with Crippen LogP contribution in [0.2, 0.25) is 0 Å². The number of hydrogen-bond donors (Lipinski definition) is 1. The summed E-state index contributed by atoms with van der Waals surface area (Å²) in [5, 5.41) is 8.51. The Morgan fingerprint density at radius 3 is 2.36 bits per heavy atom. The Morgan fingerprint density at radius 2 is 2.00 bits per heavy atom. The maximum absolute atomic E-state index is 10.4. The normalized spacial score (nSPS) is 23.9. The van der Waals surface area contributed by atoms with E-state index in [1.165, 1.54) is 6.08 Å². The van der Waals surface area contributed by atoms with Gasteiger partial charge < -0.3 is 19.3 Å². The van der Waals surface area contributed by atoms with E-state index in [1.54, 1.807) is 13.8 Å². The van der Waals surface area contributed by atoms with Gasteiger partial charge in [-0.05, 0) is 19.9 Å². The average Bonchev–Trinajstić information content (AvgIpc) is 2.09. The van der Waals surface area contributed by atoms with Crippen LogP contribution in [0.25, 0.3) is 0 Å². The average molecular weight is 202 g/mol. The van der Waals surface area contributed by atoms with Crippen molar-refractivity contribution < 1.29 is 24.1 Å². The van der Waals surface area contributed by atoms with Gasteiger partial charge in [-0.15, -0.1) is 0 Å². The molecule has 0 atom stereocenters. The molecule has 0 unspecified atom stereocenters. The third kappa shape index (κ3) is 2.46. The predicted octanol–water partition coefficient (Wildman–Crippen LogP) is 1.39. The van der Waals surface area contributed by atoms with Gasteiger partial charge in [-0.2, -0.15) is 0 Å². The Bertz CT molecular complexity index is 236. The van der Waals surface area contributed by atoms with Gasteiger partial charge in [-0.3, -0.25) is 0 Å². The Balaban J connectivity index is 2.66. The minimum atomic E-state index is -1.36. The molecule has 1 rings (SSSR count). The molecular formula is C9H14O5. The Morgan fingerprint density at radius 1 is 1.50 bits per heavy atom. The molecule has 1 N–H and O–H groups in total. The molecule has 0 aromatic heterocycles. The number of carboxylic acid groups (broad SMARTS) is 1. The SMILES string of the molecule is C=CC1(OC(=O)O)COC(C)(C)OC1. The third-order valence-corrected chi connectivity index (χ3v) is 1.99. The fourth-order valence-corrected chi connectivity index (χ4v) is 1.07. The van der Waals surface area contributed by atoms with Crippen molar-refractivity contribution in [3.05, 3.63) is 12.7 Å². The second-order valence-corrected chi connectivity index (χ2v) is 3.61. The minimum Gasteiger partial charge on any atom is -0.450 e. The first-order valence-electron chi connectivity index (χ1n) is 4.23. The van der Waals surface area contributed by atoms with Crippen molar-refractivity contribution in [1.82, 2.24) is 0 Å². The molecule has 1 aliphatic heterocycles. The van der Waals surface area contributed by atoms with E-state index in [0.717, 1.165) is 0 Å². The lowest BCUT2D eigenvalue weighted by Crippen LogP contribution is -2.52. The molecule has 1 heterocycles. The molecule has 0 amide bonds. The van der Waals surface area contributed by atoms with Crippen molar-refractivity contribution in [1.29, 1.82) is 0 Å². The van der Waals surface area contributed by atoms with Crippen LogP contribution in [0.3, 0.4) is 0 Å². The van der Waals surface area contributed by atoms with Crippen LogP contribution in [0.4, 0.5) is 4.79 Å². The summed E-state index contributed by atoms with van der Waals surface area (Å²) in [6.07, 6.45) is 0.0212. The molecule has 5 heteroatoms. The molecule has 0 saturated carbocycles. The molecule has 0 radical (unpaired) electrons. The summed E-state index contributed by atoms with van der Waals surface area (Å²) in [5.74, 6) is -0.700. The summed E-state index contributed by atoms with van der Waals surface area (Å²) in [7, 11) is 0. The van der Waals surface area contributed by atoms with E-state index in [4.69, 9.17) is 14.6 Å². The monoisotopic (exact) mass is 202 g/mol. The summed E-state index contributed by atoms with van der Waals surface area (Å²) >= 11 is 0. The molecular weight excluding hydrogens is 188 g/mol. The van der Waals surface area contributed by atoms with E-state index < -0.39 is 17.5 Å². The van der Waals surface area contributed by atoms with Crippen molar-refractivity contribution in [3.63, 3.8) is 0 Å². The summed E-state index contributed by atoms with van der Waals surface area (Å²) < 4.78 is 15.3. The Hall–Kier alpha value is -1.07. The topological polar surface area (TPSA) is 65.0 Å². The minimum absolute atomic E-state index is 0.121. The highest BCUT2D eigenvalue weighted by Gasteiger charge is 2.41. The van der Waals surface area contributed by atoms with E-state index in [2.05, 4.69) is 11.3 Å². The van der Waals surface area contributed by atoms with Crippen molar-refractivity contribution in [3.8, 4) is 0 Å². The molecule has 0 spiro atoms. The van der Waals surface area contributed by atoms with Gasteiger partial charge in [0.25, 0.3) is 0 Å². The second kappa shape index (κ2) is 3.59. The zero-order valence-corrected chi connectivity index (χ0v) is 8.28. The van der Waals surface area contributed by atoms with Gasteiger partial charge in [0.05, 0.1) is 13.2 Å². The van der Waals surface area contributed by atoms with Gasteiger partial charge >= 0.3 is 6.16 Å². The quantitative estimate of drug-likeness (QED) is 0.541. The fourth-order valence-electron chi connectivity index (χ4n) is 1.07. The number of carbonyl (C=O) groups is 1. The third-order valence-electron chi connectivity index (χ3n) is 1.99. The van der Waals surface area contributed by atoms with Gasteiger partial charge in [-0.25, -0.2) is 4.79 Å². The highest BCUT2D eigenvalue weighted by molar-refractivity contribution is 5.58. The van der Waals surface area contributed by atoms with Gasteiger partial charge in [0.2, 0.25) is 0 Å². The molecule has 0 bridgehead atoms. The summed E-state index contributed by atoms with van der Waals surface area (Å²) in [6, 6.07) is 0. The Kier molecular flexibility index (Phi) is 2.82. The van der Waals surface area contributed by atoms with Crippen molar-refractivity contribution >= 4 is 6.16 Å². The van der Waals surface area contributed by atoms with Crippen molar-refractivity contribution in [2.24, 2.45) is 0 Å². The molecule has 14 heavy (non-hydrogen) atoms. The molecule has 1 saturated heterocycles. The lowest BCUT2D eigenvalue weighted by Gasteiger charge is -2.40. The van der Waals surface area contributed by atoms with Crippen LogP contribution in [0.1, 0.15) is 13.8 Å². The van der Waals surface area contributed by atoms with E-state index in [-0.39, 0.29) is 13.2 Å². The molecule has 5 nitrogen and oxygen atoms in total. The molecule has 1 aliphatic rings. The zero-order valence-electron chi connectivity index (χ0n) is 8.28. The standard InChI is InChI=1S/C9H14O5/c1-4-9(14-7(10)11)5-12-8(2,3)13-6-9/h4H,1,5-6H2,2-3H3,(H,10,11). The number of hydrogen-bond acceptors (Lipinski definition) is 4. The first-order chi connectivity index (χ1) is 6.39. The smallest absolute Gasteiger partial charge is 0.450 e. The first-order valence-corrected chi connectivity index (χ1v) is 4.23. The van der Waals surface area contributed by atoms with E-state index in [1.807, 2.05) is 0 Å². The lowest BCUT2D eigenvalue weighted by atomic mass is 10.1. The summed E-state index contributed by atoms with van der Waals surface area (Å²) in [5.41, 5.74) is -1.08. The van der Waals surface area contributed by atoms with Gasteiger partial charge in [0.1, 0.15) is 0 Å². The van der Waals surface area contributed by atoms with Crippen LogP contribution >= 0.6 is 0 Å². The maximum atomic E-state index is 10.4. The van der Waals surface area contributed by atoms with Crippen LogP contribution in [0.15, 0.2) is 12.7 Å². The van der Waals surface area contributed by atoms with Crippen molar-refractivity contribution in [2.45, 2.75) is 25.2 Å².